The molecule has 0 aromatic heterocycles. The minimum absolute atomic E-state index is 0.100. The largest absolute Gasteiger partial charge is 0.497 e. The molecule has 2 rings (SSSR count). The van der Waals surface area contributed by atoms with Crippen LogP contribution >= 0.6 is 0 Å². The number of carbonyl (C=O) groups is 3. The Bertz CT molecular complexity index is 1060. The average Bonchev–Trinajstić information content (AvgIpc) is 2.78. The first-order valence-corrected chi connectivity index (χ1v) is 11.3. The maximum absolute atomic E-state index is 13.6. The van der Waals surface area contributed by atoms with Crippen LogP contribution in [0.5, 0.6) is 5.75 Å². The van der Waals surface area contributed by atoms with Crippen molar-refractivity contribution in [2.45, 2.75) is 46.3 Å². The summed E-state index contributed by atoms with van der Waals surface area (Å²) in [5, 5.41) is 5.37. The molecule has 0 aliphatic carbocycles. The van der Waals surface area contributed by atoms with E-state index in [1.807, 2.05) is 32.0 Å². The first-order valence-electron chi connectivity index (χ1n) is 11.3. The molecule has 0 radical (unpaired) electrons. The molecule has 0 aliphatic heterocycles. The monoisotopic (exact) mass is 481 g/mol. The molecule has 188 valence electrons. The number of benzene rings is 2. The van der Waals surface area contributed by atoms with Crippen molar-refractivity contribution < 1.29 is 23.9 Å². The van der Waals surface area contributed by atoms with Gasteiger partial charge in [-0.3, -0.25) is 9.59 Å². The van der Waals surface area contributed by atoms with Crippen LogP contribution < -0.4 is 15.4 Å². The van der Waals surface area contributed by atoms with Gasteiger partial charge in [0.2, 0.25) is 5.91 Å². The van der Waals surface area contributed by atoms with Crippen molar-refractivity contribution in [1.29, 1.82) is 0 Å². The Morgan fingerprint density at radius 2 is 1.74 bits per heavy atom. The van der Waals surface area contributed by atoms with Gasteiger partial charge in [-0.1, -0.05) is 29.8 Å². The highest BCUT2D eigenvalue weighted by Crippen LogP contribution is 2.28. The summed E-state index contributed by atoms with van der Waals surface area (Å²) in [7, 11) is 1.56. The molecule has 2 aromatic rings. The number of alkyl carbamates (subject to hydrolysis) is 1. The van der Waals surface area contributed by atoms with Gasteiger partial charge in [-0.05, 0) is 70.0 Å². The summed E-state index contributed by atoms with van der Waals surface area (Å²) in [6, 6.07) is 11.7. The molecule has 8 heteroatoms. The average molecular weight is 482 g/mol. The van der Waals surface area contributed by atoms with Gasteiger partial charge in [-0.2, -0.15) is 0 Å². The molecular formula is C27H35N3O5. The number of hydrogen-bond acceptors (Lipinski definition) is 5. The van der Waals surface area contributed by atoms with E-state index in [1.165, 1.54) is 4.90 Å². The minimum Gasteiger partial charge on any atom is -0.497 e. The van der Waals surface area contributed by atoms with Crippen LogP contribution in [0.3, 0.4) is 0 Å². The number of rotatable bonds is 9. The third kappa shape index (κ3) is 8.17. The van der Waals surface area contributed by atoms with E-state index >= 15 is 0 Å². The van der Waals surface area contributed by atoms with E-state index in [1.54, 1.807) is 58.2 Å². The van der Waals surface area contributed by atoms with E-state index in [-0.39, 0.29) is 13.1 Å². The third-order valence-corrected chi connectivity index (χ3v) is 5.08. The second-order valence-electron chi connectivity index (χ2n) is 9.17. The van der Waals surface area contributed by atoms with Gasteiger partial charge < -0.3 is 25.0 Å². The van der Waals surface area contributed by atoms with Crippen LogP contribution in [0.4, 0.5) is 10.5 Å². The van der Waals surface area contributed by atoms with Crippen LogP contribution in [-0.4, -0.2) is 48.6 Å². The number of hydrogen-bond donors (Lipinski definition) is 2. The van der Waals surface area contributed by atoms with E-state index < -0.39 is 29.6 Å². The summed E-state index contributed by atoms with van der Waals surface area (Å²) in [6.07, 6.45) is 0.833. The summed E-state index contributed by atoms with van der Waals surface area (Å²) < 4.78 is 10.4. The minimum atomic E-state index is -0.956. The zero-order valence-corrected chi connectivity index (χ0v) is 21.3. The molecule has 1 unspecified atom stereocenters. The van der Waals surface area contributed by atoms with E-state index in [0.29, 0.717) is 17.0 Å². The van der Waals surface area contributed by atoms with Crippen LogP contribution in [0.2, 0.25) is 0 Å². The van der Waals surface area contributed by atoms with Gasteiger partial charge >= 0.3 is 6.09 Å². The van der Waals surface area contributed by atoms with E-state index in [2.05, 4.69) is 17.2 Å². The molecule has 0 spiro atoms. The highest BCUT2D eigenvalue weighted by atomic mass is 16.6. The first kappa shape index (κ1) is 27.4. The quantitative estimate of drug-likeness (QED) is 0.513. The fourth-order valence-electron chi connectivity index (χ4n) is 3.44. The van der Waals surface area contributed by atoms with E-state index in [0.717, 1.165) is 11.1 Å². The number of anilines is 1. The molecule has 1 atom stereocenters. The molecule has 0 bridgehead atoms. The summed E-state index contributed by atoms with van der Waals surface area (Å²) in [6.45, 7) is 12.5. The fraction of sp³-hybridized carbons (Fsp3) is 0.370. The van der Waals surface area contributed by atoms with Crippen molar-refractivity contribution in [2.75, 3.05) is 25.5 Å². The topological polar surface area (TPSA) is 97.0 Å². The van der Waals surface area contributed by atoms with Crippen molar-refractivity contribution in [1.82, 2.24) is 10.2 Å². The predicted molar refractivity (Wildman–Crippen MR) is 136 cm³/mol. The maximum Gasteiger partial charge on any atom is 0.408 e. The number of aryl methyl sites for hydroxylation is 2. The van der Waals surface area contributed by atoms with Gasteiger partial charge in [0, 0.05) is 12.2 Å². The van der Waals surface area contributed by atoms with Crippen LogP contribution in [-0.2, 0) is 14.3 Å². The molecule has 0 aliphatic rings. The SMILES string of the molecule is C=CCN(C(=O)CNC(=O)OC(C)(C)C)C(C(=O)Nc1ccc(OC)cc1)c1cc(C)ccc1C. The molecule has 0 fully saturated rings. The number of methoxy groups -OCH3 is 1. The van der Waals surface area contributed by atoms with E-state index in [4.69, 9.17) is 9.47 Å². The van der Waals surface area contributed by atoms with Crippen LogP contribution in [0.1, 0.15) is 43.5 Å². The van der Waals surface area contributed by atoms with Crippen LogP contribution in [0.15, 0.2) is 55.1 Å². The Morgan fingerprint density at radius 3 is 2.31 bits per heavy atom. The molecule has 2 N–H and O–H groups in total. The standard InChI is InChI=1S/C27H35N3O5/c1-8-15-30(23(31)17-28-26(33)35-27(4,5)6)24(22-16-18(2)9-10-19(22)3)25(32)29-20-11-13-21(34-7)14-12-20/h8-14,16,24H,1,15,17H2,2-7H3,(H,28,33)(H,29,32). The van der Waals surface area contributed by atoms with Crippen molar-refractivity contribution >= 4 is 23.6 Å². The van der Waals surface area contributed by atoms with E-state index in [9.17, 15) is 14.4 Å². The molecular weight excluding hydrogens is 446 g/mol. The third-order valence-electron chi connectivity index (χ3n) is 5.08. The molecule has 2 aromatic carbocycles. The Balaban J connectivity index is 2.38. The summed E-state index contributed by atoms with van der Waals surface area (Å²) in [5.41, 5.74) is 2.35. The number of ether oxygens (including phenoxy) is 2. The predicted octanol–water partition coefficient (Wildman–Crippen LogP) is 4.53. The molecule has 0 heterocycles. The summed E-state index contributed by atoms with van der Waals surface area (Å²) in [4.78, 5) is 40.4. The molecule has 8 nitrogen and oxygen atoms in total. The van der Waals surface area contributed by atoms with Crippen LogP contribution in [0, 0.1) is 13.8 Å². The lowest BCUT2D eigenvalue weighted by molar-refractivity contribution is -0.137. The molecule has 0 saturated carbocycles. The smallest absolute Gasteiger partial charge is 0.408 e. The number of amides is 3. The molecule has 0 saturated heterocycles. The second kappa shape index (κ2) is 12.1. The Morgan fingerprint density at radius 1 is 1.09 bits per heavy atom. The van der Waals surface area contributed by atoms with Gasteiger partial charge in [0.1, 0.15) is 23.9 Å². The van der Waals surface area contributed by atoms with Gasteiger partial charge in [0.05, 0.1) is 7.11 Å². The Labute approximate surface area is 207 Å². The Hall–Kier alpha value is -3.81. The van der Waals surface area contributed by atoms with Crippen molar-refractivity contribution in [2.24, 2.45) is 0 Å². The highest BCUT2D eigenvalue weighted by molar-refractivity contribution is 5.98. The molecule has 35 heavy (non-hydrogen) atoms. The zero-order valence-electron chi connectivity index (χ0n) is 21.3. The first-order chi connectivity index (χ1) is 16.4. The number of nitrogens with zero attached hydrogens (tertiary/aromatic N) is 1. The van der Waals surface area contributed by atoms with Crippen molar-refractivity contribution in [3.05, 3.63) is 71.8 Å². The normalized spacial score (nSPS) is 11.7. The highest BCUT2D eigenvalue weighted by Gasteiger charge is 2.32. The zero-order chi connectivity index (χ0) is 26.2. The lowest BCUT2D eigenvalue weighted by Gasteiger charge is -2.32. The fourth-order valence-corrected chi connectivity index (χ4v) is 3.44. The molecule has 3 amide bonds. The van der Waals surface area contributed by atoms with Gasteiger partial charge in [0.15, 0.2) is 0 Å². The van der Waals surface area contributed by atoms with Gasteiger partial charge in [0.25, 0.3) is 5.91 Å². The van der Waals surface area contributed by atoms with Crippen LogP contribution in [0.25, 0.3) is 0 Å². The number of nitrogens with one attached hydrogen (secondary N) is 2. The lowest BCUT2D eigenvalue weighted by atomic mass is 9.96. The van der Waals surface area contributed by atoms with Crippen molar-refractivity contribution in [3.8, 4) is 5.75 Å². The maximum atomic E-state index is 13.6. The lowest BCUT2D eigenvalue weighted by Crippen LogP contribution is -2.46. The second-order valence-corrected chi connectivity index (χ2v) is 9.17. The van der Waals surface area contributed by atoms with Crippen molar-refractivity contribution in [3.63, 3.8) is 0 Å². The summed E-state index contributed by atoms with van der Waals surface area (Å²) >= 11 is 0. The number of carbonyl (C=O) groups excluding carboxylic acids is 3. The van der Waals surface area contributed by atoms with Gasteiger partial charge in [-0.15, -0.1) is 6.58 Å². The summed E-state index contributed by atoms with van der Waals surface area (Å²) in [5.74, 6) is -0.186. The van der Waals surface area contributed by atoms with Gasteiger partial charge in [-0.25, -0.2) is 4.79 Å². The Kier molecular flexibility index (Phi) is 9.45.